The average Bonchev–Trinajstić information content (AvgIpc) is 2.26. The summed E-state index contributed by atoms with van der Waals surface area (Å²) in [6, 6.07) is 5.52. The molecule has 0 aliphatic heterocycles. The summed E-state index contributed by atoms with van der Waals surface area (Å²) < 4.78 is 6.37. The van der Waals surface area contributed by atoms with E-state index < -0.39 is 0 Å². The van der Waals surface area contributed by atoms with Crippen molar-refractivity contribution in [3.63, 3.8) is 0 Å². The first kappa shape index (κ1) is 12.1. The molecule has 1 N–H and O–H groups in total. The van der Waals surface area contributed by atoms with Crippen molar-refractivity contribution in [3.05, 3.63) is 28.2 Å². The molecule has 3 heteroatoms. The first-order valence-corrected chi connectivity index (χ1v) is 5.52. The van der Waals surface area contributed by atoms with Gasteiger partial charge in [0.15, 0.2) is 0 Å². The van der Waals surface area contributed by atoms with Gasteiger partial charge in [0.25, 0.3) is 0 Å². The van der Waals surface area contributed by atoms with Gasteiger partial charge in [0, 0.05) is 6.42 Å². The predicted octanol–water partition coefficient (Wildman–Crippen LogP) is 2.73. The fourth-order valence-electron chi connectivity index (χ4n) is 1.12. The summed E-state index contributed by atoms with van der Waals surface area (Å²) in [4.78, 5) is 0. The van der Waals surface area contributed by atoms with E-state index in [0.29, 0.717) is 6.61 Å². The summed E-state index contributed by atoms with van der Waals surface area (Å²) in [7, 11) is 0. The van der Waals surface area contributed by atoms with E-state index in [1.807, 2.05) is 18.2 Å². The molecule has 0 spiro atoms. The highest BCUT2D eigenvalue weighted by molar-refractivity contribution is 9.10. The molecule has 0 fully saturated rings. The lowest BCUT2D eigenvalue weighted by molar-refractivity contribution is 0.281. The van der Waals surface area contributed by atoms with Crippen LogP contribution in [0, 0.1) is 12.3 Å². The van der Waals surface area contributed by atoms with Gasteiger partial charge in [0.05, 0.1) is 17.7 Å². The van der Waals surface area contributed by atoms with Crippen LogP contribution in [0.4, 0.5) is 0 Å². The molecule has 0 aromatic heterocycles. The van der Waals surface area contributed by atoms with Crippen LogP contribution in [0.15, 0.2) is 22.7 Å². The van der Waals surface area contributed by atoms with Gasteiger partial charge in [0.2, 0.25) is 0 Å². The van der Waals surface area contributed by atoms with E-state index in [2.05, 4.69) is 21.9 Å². The molecule has 2 nitrogen and oxygen atoms in total. The van der Waals surface area contributed by atoms with Gasteiger partial charge in [-0.15, -0.1) is 12.3 Å². The Balaban J connectivity index is 2.51. The van der Waals surface area contributed by atoms with Crippen LogP contribution in [0.25, 0.3) is 0 Å². The summed E-state index contributed by atoms with van der Waals surface area (Å²) in [6.07, 6.45) is 6.71. The highest BCUT2D eigenvalue weighted by Crippen LogP contribution is 2.26. The first-order chi connectivity index (χ1) is 7.27. The summed E-state index contributed by atoms with van der Waals surface area (Å²) in [5.41, 5.74) is 0.859. The number of hydrogen-bond donors (Lipinski definition) is 1. The first-order valence-electron chi connectivity index (χ1n) is 4.73. The minimum Gasteiger partial charge on any atom is -0.492 e. The van der Waals surface area contributed by atoms with Gasteiger partial charge in [-0.1, -0.05) is 6.07 Å². The third-order valence-corrected chi connectivity index (χ3v) is 2.52. The standard InChI is InChI=1S/C12H13BrO2/c1-2-3-4-7-15-12-6-5-10(9-14)8-11(12)13/h1,5-6,8,14H,3-4,7,9H2. The maximum absolute atomic E-state index is 8.92. The van der Waals surface area contributed by atoms with Crippen molar-refractivity contribution in [1.82, 2.24) is 0 Å². The lowest BCUT2D eigenvalue weighted by atomic mass is 10.2. The Hall–Kier alpha value is -0.980. The molecule has 1 rings (SSSR count). The van der Waals surface area contributed by atoms with E-state index in [-0.39, 0.29) is 6.61 Å². The van der Waals surface area contributed by atoms with Gasteiger partial charge in [-0.2, -0.15) is 0 Å². The zero-order valence-electron chi connectivity index (χ0n) is 8.37. The van der Waals surface area contributed by atoms with Crippen molar-refractivity contribution in [3.8, 4) is 18.1 Å². The van der Waals surface area contributed by atoms with Crippen molar-refractivity contribution in [1.29, 1.82) is 0 Å². The molecule has 0 heterocycles. The van der Waals surface area contributed by atoms with Gasteiger partial charge < -0.3 is 9.84 Å². The lowest BCUT2D eigenvalue weighted by Crippen LogP contribution is -1.97. The zero-order chi connectivity index (χ0) is 11.1. The van der Waals surface area contributed by atoms with Crippen LogP contribution in [0.1, 0.15) is 18.4 Å². The van der Waals surface area contributed by atoms with E-state index in [1.165, 1.54) is 0 Å². The van der Waals surface area contributed by atoms with Crippen molar-refractivity contribution in [2.24, 2.45) is 0 Å². The molecule has 0 bridgehead atoms. The normalized spacial score (nSPS) is 9.67. The molecule has 0 aliphatic carbocycles. The fourth-order valence-corrected chi connectivity index (χ4v) is 1.66. The van der Waals surface area contributed by atoms with Gasteiger partial charge in [-0.25, -0.2) is 0 Å². The third-order valence-electron chi connectivity index (χ3n) is 1.90. The van der Waals surface area contributed by atoms with E-state index >= 15 is 0 Å². The summed E-state index contributed by atoms with van der Waals surface area (Å²) in [5.74, 6) is 3.34. The smallest absolute Gasteiger partial charge is 0.133 e. The number of unbranched alkanes of at least 4 members (excludes halogenated alkanes) is 1. The van der Waals surface area contributed by atoms with Crippen molar-refractivity contribution in [2.45, 2.75) is 19.4 Å². The summed E-state index contributed by atoms with van der Waals surface area (Å²) in [6.45, 7) is 0.650. The molecule has 0 aliphatic rings. The van der Waals surface area contributed by atoms with Crippen molar-refractivity contribution in [2.75, 3.05) is 6.61 Å². The van der Waals surface area contributed by atoms with Crippen LogP contribution in [0.2, 0.25) is 0 Å². The minimum absolute atomic E-state index is 0.0377. The Kier molecular flexibility index (Phi) is 5.23. The van der Waals surface area contributed by atoms with Gasteiger partial charge in [-0.05, 0) is 40.0 Å². The Morgan fingerprint density at radius 2 is 2.27 bits per heavy atom. The monoisotopic (exact) mass is 268 g/mol. The van der Waals surface area contributed by atoms with Gasteiger partial charge in [0.1, 0.15) is 5.75 Å². The topological polar surface area (TPSA) is 29.5 Å². The van der Waals surface area contributed by atoms with E-state index in [9.17, 15) is 0 Å². The Labute approximate surface area is 98.4 Å². The molecule has 0 saturated carbocycles. The predicted molar refractivity (Wildman–Crippen MR) is 63.6 cm³/mol. The minimum atomic E-state index is 0.0377. The van der Waals surface area contributed by atoms with E-state index in [4.69, 9.17) is 16.3 Å². The SMILES string of the molecule is C#CCCCOc1ccc(CO)cc1Br. The molecule has 15 heavy (non-hydrogen) atoms. The van der Waals surface area contributed by atoms with Crippen molar-refractivity contribution < 1.29 is 9.84 Å². The summed E-state index contributed by atoms with van der Waals surface area (Å²) in [5, 5.41) is 8.92. The van der Waals surface area contributed by atoms with Gasteiger partial charge >= 0.3 is 0 Å². The Morgan fingerprint density at radius 1 is 1.47 bits per heavy atom. The summed E-state index contributed by atoms with van der Waals surface area (Å²) >= 11 is 3.38. The molecule has 0 radical (unpaired) electrons. The van der Waals surface area contributed by atoms with Crippen LogP contribution >= 0.6 is 15.9 Å². The second-order valence-electron chi connectivity index (χ2n) is 3.08. The highest BCUT2D eigenvalue weighted by Gasteiger charge is 2.01. The molecule has 0 saturated heterocycles. The van der Waals surface area contributed by atoms with Crippen LogP contribution < -0.4 is 4.74 Å². The number of rotatable bonds is 5. The Bertz CT molecular complexity index is 355. The molecule has 0 atom stereocenters. The molecule has 80 valence electrons. The van der Waals surface area contributed by atoms with Crippen LogP contribution in [0.3, 0.4) is 0 Å². The average molecular weight is 269 g/mol. The van der Waals surface area contributed by atoms with Crippen LogP contribution in [0.5, 0.6) is 5.75 Å². The fraction of sp³-hybridized carbons (Fsp3) is 0.333. The number of benzene rings is 1. The maximum Gasteiger partial charge on any atom is 0.133 e. The van der Waals surface area contributed by atoms with E-state index in [1.54, 1.807) is 0 Å². The lowest BCUT2D eigenvalue weighted by Gasteiger charge is -2.08. The molecule has 0 amide bonds. The van der Waals surface area contributed by atoms with Crippen LogP contribution in [-0.4, -0.2) is 11.7 Å². The zero-order valence-corrected chi connectivity index (χ0v) is 9.96. The number of aliphatic hydroxyl groups excluding tert-OH is 1. The Morgan fingerprint density at radius 3 is 2.87 bits per heavy atom. The third kappa shape index (κ3) is 3.94. The van der Waals surface area contributed by atoms with Crippen molar-refractivity contribution >= 4 is 15.9 Å². The molecule has 1 aromatic carbocycles. The largest absolute Gasteiger partial charge is 0.492 e. The molecule has 0 unspecified atom stereocenters. The van der Waals surface area contributed by atoms with E-state index in [0.717, 1.165) is 28.6 Å². The highest BCUT2D eigenvalue weighted by atomic mass is 79.9. The number of halogens is 1. The maximum atomic E-state index is 8.92. The van der Waals surface area contributed by atoms with Crippen LogP contribution in [-0.2, 0) is 6.61 Å². The number of hydrogen-bond acceptors (Lipinski definition) is 2. The number of aliphatic hydroxyl groups is 1. The quantitative estimate of drug-likeness (QED) is 0.658. The molecular weight excluding hydrogens is 256 g/mol. The molecular formula is C12H13BrO2. The number of terminal acetylenes is 1. The molecule has 1 aromatic rings. The number of ether oxygens (including phenoxy) is 1. The second kappa shape index (κ2) is 6.49. The van der Waals surface area contributed by atoms with Gasteiger partial charge in [-0.3, -0.25) is 0 Å². The second-order valence-corrected chi connectivity index (χ2v) is 3.93.